The molecule has 2 heterocycles. The summed E-state index contributed by atoms with van der Waals surface area (Å²) in [6.45, 7) is 0.284. The number of furan rings is 1. The summed E-state index contributed by atoms with van der Waals surface area (Å²) >= 11 is 6.90. The lowest BCUT2D eigenvalue weighted by Crippen LogP contribution is -2.30. The molecule has 174 valence electrons. The van der Waals surface area contributed by atoms with Gasteiger partial charge in [0.1, 0.15) is 23.8 Å². The van der Waals surface area contributed by atoms with Crippen molar-refractivity contribution in [3.05, 3.63) is 91.9 Å². The molecule has 3 amide bonds. The van der Waals surface area contributed by atoms with E-state index in [1.165, 1.54) is 19.2 Å². The summed E-state index contributed by atoms with van der Waals surface area (Å²) in [4.78, 5) is 37.6. The molecule has 8 nitrogen and oxygen atoms in total. The second-order valence-electron chi connectivity index (χ2n) is 7.24. The lowest BCUT2D eigenvalue weighted by molar-refractivity contribution is -0.123. The lowest BCUT2D eigenvalue weighted by Gasteiger charge is -2.10. The van der Waals surface area contributed by atoms with E-state index >= 15 is 0 Å². The fourth-order valence-corrected chi connectivity index (χ4v) is 3.95. The quantitative estimate of drug-likeness (QED) is 0.229. The SMILES string of the molecule is COC(=O)c1ccc(CN2C(=O)N/C(=C\c3ccc(OCc4ccc(Br)cc4)c(Br)c3)C2=O)o1. The first kappa shape index (κ1) is 23.8. The lowest BCUT2D eigenvalue weighted by atomic mass is 10.2. The fraction of sp³-hybridized carbons (Fsp3) is 0.125. The topological polar surface area (TPSA) is 98.1 Å². The third kappa shape index (κ3) is 5.40. The maximum Gasteiger partial charge on any atom is 0.373 e. The Labute approximate surface area is 211 Å². The summed E-state index contributed by atoms with van der Waals surface area (Å²) in [5.74, 6) is -0.230. The predicted molar refractivity (Wildman–Crippen MR) is 130 cm³/mol. The zero-order chi connectivity index (χ0) is 24.2. The second kappa shape index (κ2) is 10.3. The van der Waals surface area contributed by atoms with E-state index in [1.54, 1.807) is 24.3 Å². The summed E-state index contributed by atoms with van der Waals surface area (Å²) in [6.07, 6.45) is 1.57. The van der Waals surface area contributed by atoms with Gasteiger partial charge in [0.05, 0.1) is 18.1 Å². The Kier molecular flexibility index (Phi) is 7.18. The maximum absolute atomic E-state index is 12.8. The molecule has 0 saturated carbocycles. The van der Waals surface area contributed by atoms with Crippen LogP contribution >= 0.6 is 31.9 Å². The molecule has 1 fully saturated rings. The van der Waals surface area contributed by atoms with Gasteiger partial charge in [-0.2, -0.15) is 0 Å². The number of imide groups is 1. The average Bonchev–Trinajstić information content (AvgIpc) is 3.39. The van der Waals surface area contributed by atoms with Crippen LogP contribution < -0.4 is 10.1 Å². The Morgan fingerprint density at radius 1 is 1.09 bits per heavy atom. The van der Waals surface area contributed by atoms with Gasteiger partial charge in [0.25, 0.3) is 5.91 Å². The van der Waals surface area contributed by atoms with Crippen LogP contribution in [0.4, 0.5) is 4.79 Å². The van der Waals surface area contributed by atoms with Crippen molar-refractivity contribution in [2.24, 2.45) is 0 Å². The van der Waals surface area contributed by atoms with Crippen molar-refractivity contribution in [3.8, 4) is 5.75 Å². The largest absolute Gasteiger partial charge is 0.488 e. The van der Waals surface area contributed by atoms with Crippen molar-refractivity contribution in [1.29, 1.82) is 0 Å². The van der Waals surface area contributed by atoms with E-state index in [4.69, 9.17) is 9.15 Å². The third-order valence-electron chi connectivity index (χ3n) is 4.90. The zero-order valence-electron chi connectivity index (χ0n) is 17.8. The van der Waals surface area contributed by atoms with E-state index < -0.39 is 17.9 Å². The van der Waals surface area contributed by atoms with E-state index in [0.29, 0.717) is 22.4 Å². The summed E-state index contributed by atoms with van der Waals surface area (Å²) < 4.78 is 17.5. The number of nitrogens with zero attached hydrogens (tertiary/aromatic N) is 1. The standard InChI is InChI=1S/C24H18Br2N2O6/c1-32-23(30)21-9-7-17(34-21)12-28-22(29)19(27-24(28)31)11-15-4-8-20(18(26)10-15)33-13-14-2-5-16(25)6-3-14/h2-11H,12-13H2,1H3,(H,27,31)/b19-11-. The van der Waals surface area contributed by atoms with Crippen molar-refractivity contribution in [2.75, 3.05) is 7.11 Å². The van der Waals surface area contributed by atoms with Gasteiger partial charge in [-0.25, -0.2) is 9.59 Å². The van der Waals surface area contributed by atoms with Crippen LogP contribution in [0.5, 0.6) is 5.75 Å². The van der Waals surface area contributed by atoms with Gasteiger partial charge in [-0.05, 0) is 69.5 Å². The molecule has 1 aliphatic rings. The smallest absolute Gasteiger partial charge is 0.373 e. The number of methoxy groups -OCH3 is 1. The molecule has 1 saturated heterocycles. The highest BCUT2D eigenvalue weighted by molar-refractivity contribution is 9.10. The molecule has 1 N–H and O–H groups in total. The first-order valence-corrected chi connectivity index (χ1v) is 11.6. The van der Waals surface area contributed by atoms with Crippen molar-refractivity contribution in [2.45, 2.75) is 13.2 Å². The molecule has 1 aromatic heterocycles. The highest BCUT2D eigenvalue weighted by atomic mass is 79.9. The Bertz CT molecular complexity index is 1280. The van der Waals surface area contributed by atoms with Crippen molar-refractivity contribution in [1.82, 2.24) is 10.2 Å². The van der Waals surface area contributed by atoms with Crippen LogP contribution in [0, 0.1) is 0 Å². The summed E-state index contributed by atoms with van der Waals surface area (Å²) in [7, 11) is 1.23. The highest BCUT2D eigenvalue weighted by Gasteiger charge is 2.34. The number of amides is 3. The fourth-order valence-electron chi connectivity index (χ4n) is 3.18. The highest BCUT2D eigenvalue weighted by Crippen LogP contribution is 2.28. The number of halogens is 2. The van der Waals surface area contributed by atoms with Crippen LogP contribution in [0.3, 0.4) is 0 Å². The Morgan fingerprint density at radius 3 is 2.56 bits per heavy atom. The zero-order valence-corrected chi connectivity index (χ0v) is 21.0. The Morgan fingerprint density at radius 2 is 1.85 bits per heavy atom. The molecular formula is C24H18Br2N2O6. The predicted octanol–water partition coefficient (Wildman–Crippen LogP) is 5.26. The molecule has 0 bridgehead atoms. The minimum absolute atomic E-state index is 0.00684. The number of benzene rings is 2. The number of hydrogen-bond donors (Lipinski definition) is 1. The van der Waals surface area contributed by atoms with Gasteiger partial charge in [0.15, 0.2) is 0 Å². The van der Waals surface area contributed by atoms with E-state index in [1.807, 2.05) is 24.3 Å². The third-order valence-corrected chi connectivity index (χ3v) is 6.05. The van der Waals surface area contributed by atoms with Gasteiger partial charge in [-0.15, -0.1) is 0 Å². The summed E-state index contributed by atoms with van der Waals surface area (Å²) in [5, 5.41) is 2.56. The first-order chi connectivity index (χ1) is 16.3. The number of carbonyl (C=O) groups excluding carboxylic acids is 3. The number of carbonyl (C=O) groups is 3. The van der Waals surface area contributed by atoms with Gasteiger partial charge in [-0.3, -0.25) is 9.69 Å². The Balaban J connectivity index is 1.43. The molecule has 0 aliphatic carbocycles. The summed E-state index contributed by atoms with van der Waals surface area (Å²) in [6, 6.07) is 15.5. The van der Waals surface area contributed by atoms with Gasteiger partial charge in [-0.1, -0.05) is 34.1 Å². The number of hydrogen-bond acceptors (Lipinski definition) is 6. The number of nitrogens with one attached hydrogen (secondary N) is 1. The number of esters is 1. The van der Waals surface area contributed by atoms with Gasteiger partial charge < -0.3 is 19.2 Å². The monoisotopic (exact) mass is 588 g/mol. The van der Waals surface area contributed by atoms with E-state index in [0.717, 1.165) is 14.9 Å². The van der Waals surface area contributed by atoms with E-state index in [-0.39, 0.29) is 23.8 Å². The molecule has 0 unspecified atom stereocenters. The molecule has 4 rings (SSSR count). The molecule has 0 spiro atoms. The van der Waals surface area contributed by atoms with E-state index in [2.05, 4.69) is 41.9 Å². The van der Waals surface area contributed by atoms with Crippen LogP contribution in [0.25, 0.3) is 6.08 Å². The maximum atomic E-state index is 12.8. The number of ether oxygens (including phenoxy) is 2. The minimum atomic E-state index is -0.640. The van der Waals surface area contributed by atoms with Crippen LogP contribution in [0.2, 0.25) is 0 Å². The molecule has 1 aliphatic heterocycles. The molecule has 0 atom stereocenters. The van der Waals surface area contributed by atoms with Gasteiger partial charge in [0.2, 0.25) is 5.76 Å². The van der Waals surface area contributed by atoms with Crippen molar-refractivity contribution >= 4 is 55.8 Å². The molecular weight excluding hydrogens is 572 g/mol. The molecule has 2 aromatic carbocycles. The van der Waals surface area contributed by atoms with Gasteiger partial charge in [0, 0.05) is 4.47 Å². The minimum Gasteiger partial charge on any atom is -0.488 e. The van der Waals surface area contributed by atoms with Crippen LogP contribution in [-0.2, 0) is 22.7 Å². The van der Waals surface area contributed by atoms with Crippen molar-refractivity contribution < 1.29 is 28.3 Å². The molecule has 3 aromatic rings. The Hall–Kier alpha value is -3.37. The molecule has 0 radical (unpaired) electrons. The van der Waals surface area contributed by atoms with Crippen LogP contribution in [0.15, 0.2) is 73.7 Å². The van der Waals surface area contributed by atoms with Crippen LogP contribution in [-0.4, -0.2) is 29.9 Å². The normalized spacial score (nSPS) is 14.4. The van der Waals surface area contributed by atoms with E-state index in [9.17, 15) is 14.4 Å². The second-order valence-corrected chi connectivity index (χ2v) is 9.01. The first-order valence-electron chi connectivity index (χ1n) is 10.0. The van der Waals surface area contributed by atoms with Crippen LogP contribution in [0.1, 0.15) is 27.4 Å². The average molecular weight is 590 g/mol. The number of urea groups is 1. The molecule has 10 heteroatoms. The summed E-state index contributed by atoms with van der Waals surface area (Å²) in [5.41, 5.74) is 1.84. The van der Waals surface area contributed by atoms with Gasteiger partial charge >= 0.3 is 12.0 Å². The molecule has 34 heavy (non-hydrogen) atoms. The number of rotatable bonds is 7. The van der Waals surface area contributed by atoms with Crippen molar-refractivity contribution in [3.63, 3.8) is 0 Å².